The van der Waals surface area contributed by atoms with E-state index in [0.29, 0.717) is 25.7 Å². The highest BCUT2D eigenvalue weighted by Crippen LogP contribution is 2.07. The van der Waals surface area contributed by atoms with Gasteiger partial charge in [0.1, 0.15) is 18.1 Å². The first kappa shape index (κ1) is 33.5. The van der Waals surface area contributed by atoms with Gasteiger partial charge in [0.15, 0.2) is 5.96 Å². The van der Waals surface area contributed by atoms with E-state index in [0.717, 1.165) is 5.56 Å². The molecule has 1 saturated heterocycles. The van der Waals surface area contributed by atoms with Crippen LogP contribution in [-0.2, 0) is 35.2 Å². The van der Waals surface area contributed by atoms with Crippen LogP contribution in [0.5, 0.6) is 0 Å². The number of aliphatic imine (C=N–C) groups is 1. The molecule has 0 unspecified atom stereocenters. The van der Waals surface area contributed by atoms with E-state index in [2.05, 4.69) is 31.6 Å². The Morgan fingerprint density at radius 1 is 0.833 bits per heavy atom. The van der Waals surface area contributed by atoms with Crippen LogP contribution in [0, 0.1) is 0 Å². The van der Waals surface area contributed by atoms with Gasteiger partial charge in [0, 0.05) is 25.9 Å². The van der Waals surface area contributed by atoms with Crippen molar-refractivity contribution in [3.8, 4) is 0 Å². The maximum atomic E-state index is 13.1. The first-order chi connectivity index (χ1) is 20.0. The summed E-state index contributed by atoms with van der Waals surface area (Å²) in [5, 5.41) is 22.1. The van der Waals surface area contributed by atoms with Gasteiger partial charge in [-0.2, -0.15) is 0 Å². The zero-order chi connectivity index (χ0) is 30.9. The summed E-state index contributed by atoms with van der Waals surface area (Å²) in [6, 6.07) is 5.41. The van der Waals surface area contributed by atoms with Crippen LogP contribution in [0.4, 0.5) is 0 Å². The molecule has 0 aromatic heterocycles. The Morgan fingerprint density at radius 2 is 1.52 bits per heavy atom. The van der Waals surface area contributed by atoms with Gasteiger partial charge in [-0.05, 0) is 31.2 Å². The third-order valence-corrected chi connectivity index (χ3v) is 6.35. The monoisotopic (exact) mass is 588 g/mol. The Labute approximate surface area is 243 Å². The van der Waals surface area contributed by atoms with Crippen LogP contribution >= 0.6 is 0 Å². The van der Waals surface area contributed by atoms with E-state index < -0.39 is 60.7 Å². The number of rotatable bonds is 8. The summed E-state index contributed by atoms with van der Waals surface area (Å²) < 4.78 is 0. The molecular weight excluding hydrogens is 548 g/mol. The number of hydrogen-bond acceptors (Lipinski definition) is 7. The molecule has 1 aliphatic rings. The second-order valence-electron chi connectivity index (χ2n) is 9.86. The van der Waals surface area contributed by atoms with Crippen molar-refractivity contribution >= 4 is 41.5 Å². The van der Waals surface area contributed by atoms with Crippen LogP contribution in [0.3, 0.4) is 0 Å². The first-order valence-electron chi connectivity index (χ1n) is 13.8. The number of amides is 5. The van der Waals surface area contributed by atoms with Crippen molar-refractivity contribution in [3.63, 3.8) is 0 Å². The molecule has 42 heavy (non-hydrogen) atoms. The molecule has 15 nitrogen and oxygen atoms in total. The SMILES string of the molecule is NC(N)=NCCC[C@@H]1NC(=O)CCCCCNC(=O)[C@H](Cc2ccccc2)NC(=O)[C@H](CC(=O)O)NC(=O)CNC1=O. The zero-order valence-corrected chi connectivity index (χ0v) is 23.4. The molecule has 0 bridgehead atoms. The third kappa shape index (κ3) is 13.1. The first-order valence-corrected chi connectivity index (χ1v) is 13.8. The minimum Gasteiger partial charge on any atom is -0.481 e. The molecule has 0 aliphatic carbocycles. The number of guanidine groups is 1. The zero-order valence-electron chi connectivity index (χ0n) is 23.4. The standard InChI is InChI=1S/C27H40N8O7/c28-27(29)31-13-7-10-18-24(40)32-16-22(37)34-20(15-23(38)39)26(42)35-19(14-17-8-3-1-4-9-17)25(41)30-12-6-2-5-11-21(36)33-18/h1,3-4,8-9,18-20H,2,5-7,10-16H2,(H,30,41)(H,32,40)(H,33,36)(H,34,37)(H,35,42)(H,38,39)(H4,28,29,31)/t18-,19-,20-/m0/s1. The van der Waals surface area contributed by atoms with Crippen molar-refractivity contribution in [2.45, 2.75) is 69.5 Å². The molecule has 1 aromatic carbocycles. The molecule has 0 spiro atoms. The number of nitrogens with one attached hydrogen (secondary N) is 5. The fraction of sp³-hybridized carbons (Fsp3) is 0.519. The quantitative estimate of drug-likeness (QED) is 0.0950. The van der Waals surface area contributed by atoms with E-state index in [1.807, 2.05) is 0 Å². The molecule has 1 aliphatic heterocycles. The maximum Gasteiger partial charge on any atom is 0.305 e. The lowest BCUT2D eigenvalue weighted by Crippen LogP contribution is -2.56. The van der Waals surface area contributed by atoms with Gasteiger partial charge in [-0.1, -0.05) is 36.8 Å². The van der Waals surface area contributed by atoms with Gasteiger partial charge in [-0.25, -0.2) is 0 Å². The smallest absolute Gasteiger partial charge is 0.305 e. The average molecular weight is 589 g/mol. The summed E-state index contributed by atoms with van der Waals surface area (Å²) in [5.41, 5.74) is 11.4. The summed E-state index contributed by atoms with van der Waals surface area (Å²) in [7, 11) is 0. The van der Waals surface area contributed by atoms with Crippen molar-refractivity contribution < 1.29 is 33.9 Å². The normalized spacial score (nSPS) is 21.6. The number of nitrogens with two attached hydrogens (primary N) is 2. The van der Waals surface area contributed by atoms with Gasteiger partial charge < -0.3 is 43.2 Å². The topological polar surface area (TPSA) is 247 Å². The Hall–Kier alpha value is -4.69. The second kappa shape index (κ2) is 17.9. The summed E-state index contributed by atoms with van der Waals surface area (Å²) in [6.45, 7) is -0.0748. The lowest BCUT2D eigenvalue weighted by molar-refractivity contribution is -0.141. The highest BCUT2D eigenvalue weighted by atomic mass is 16.4. The molecule has 3 atom stereocenters. The molecule has 1 aromatic rings. The van der Waals surface area contributed by atoms with Crippen molar-refractivity contribution in [1.29, 1.82) is 0 Å². The van der Waals surface area contributed by atoms with Gasteiger partial charge in [-0.15, -0.1) is 0 Å². The third-order valence-electron chi connectivity index (χ3n) is 6.35. The van der Waals surface area contributed by atoms with Gasteiger partial charge in [0.05, 0.1) is 13.0 Å². The minimum atomic E-state index is -1.52. The summed E-state index contributed by atoms with van der Waals surface area (Å²) in [6.07, 6.45) is 1.77. The van der Waals surface area contributed by atoms with E-state index >= 15 is 0 Å². The lowest BCUT2D eigenvalue weighted by Gasteiger charge is -2.23. The number of carboxylic acid groups (broad SMARTS) is 1. The lowest BCUT2D eigenvalue weighted by atomic mass is 10.0. The second-order valence-corrected chi connectivity index (χ2v) is 9.86. The maximum absolute atomic E-state index is 13.1. The van der Waals surface area contributed by atoms with Crippen LogP contribution in [0.15, 0.2) is 35.3 Å². The number of hydrogen-bond donors (Lipinski definition) is 8. The predicted octanol–water partition coefficient (Wildman–Crippen LogP) is -1.98. The number of nitrogens with zero attached hydrogens (tertiary/aromatic N) is 1. The molecule has 1 fully saturated rings. The average Bonchev–Trinajstić information content (AvgIpc) is 2.94. The van der Waals surface area contributed by atoms with Crippen molar-refractivity contribution in [2.75, 3.05) is 19.6 Å². The van der Waals surface area contributed by atoms with E-state index in [4.69, 9.17) is 11.5 Å². The van der Waals surface area contributed by atoms with E-state index in [1.165, 1.54) is 0 Å². The van der Waals surface area contributed by atoms with Crippen LogP contribution in [0.1, 0.15) is 50.5 Å². The Kier molecular flexibility index (Phi) is 14.3. The van der Waals surface area contributed by atoms with Crippen LogP contribution < -0.4 is 38.1 Å². The number of aliphatic carboxylic acids is 1. The fourth-order valence-corrected chi connectivity index (χ4v) is 4.21. The predicted molar refractivity (Wildman–Crippen MR) is 153 cm³/mol. The van der Waals surface area contributed by atoms with Crippen LogP contribution in [-0.4, -0.2) is 84.3 Å². The highest BCUT2D eigenvalue weighted by Gasteiger charge is 2.29. The molecule has 0 saturated carbocycles. The molecule has 5 amide bonds. The Morgan fingerprint density at radius 3 is 2.21 bits per heavy atom. The fourth-order valence-electron chi connectivity index (χ4n) is 4.21. The van der Waals surface area contributed by atoms with Crippen molar-refractivity contribution in [1.82, 2.24) is 26.6 Å². The molecule has 2 rings (SSSR count). The number of carbonyl (C=O) groups excluding carboxylic acids is 5. The number of carboxylic acids is 1. The Balaban J connectivity index is 2.20. The van der Waals surface area contributed by atoms with Crippen LogP contribution in [0.25, 0.3) is 0 Å². The Bertz CT molecular complexity index is 1120. The highest BCUT2D eigenvalue weighted by molar-refractivity contribution is 5.95. The van der Waals surface area contributed by atoms with E-state index in [-0.39, 0.29) is 44.2 Å². The minimum absolute atomic E-state index is 0.108. The van der Waals surface area contributed by atoms with Crippen molar-refractivity contribution in [3.05, 3.63) is 35.9 Å². The molecule has 15 heteroatoms. The summed E-state index contributed by atoms with van der Waals surface area (Å²) in [5.74, 6) is -4.64. The van der Waals surface area contributed by atoms with Gasteiger partial charge in [0.2, 0.25) is 29.5 Å². The molecule has 0 radical (unpaired) electrons. The summed E-state index contributed by atoms with van der Waals surface area (Å²) in [4.78, 5) is 79.4. The molecule has 10 N–H and O–H groups in total. The van der Waals surface area contributed by atoms with Gasteiger partial charge in [0.25, 0.3) is 0 Å². The largest absolute Gasteiger partial charge is 0.481 e. The van der Waals surface area contributed by atoms with Crippen LogP contribution in [0.2, 0.25) is 0 Å². The van der Waals surface area contributed by atoms with Gasteiger partial charge in [-0.3, -0.25) is 33.8 Å². The molecule has 230 valence electrons. The van der Waals surface area contributed by atoms with E-state index in [9.17, 15) is 33.9 Å². The molecular formula is C27H40N8O7. The molecule has 1 heterocycles. The number of carbonyl (C=O) groups is 6. The van der Waals surface area contributed by atoms with Gasteiger partial charge >= 0.3 is 5.97 Å². The number of benzene rings is 1. The van der Waals surface area contributed by atoms with Crippen molar-refractivity contribution in [2.24, 2.45) is 16.5 Å². The summed E-state index contributed by atoms with van der Waals surface area (Å²) >= 11 is 0. The van der Waals surface area contributed by atoms with E-state index in [1.54, 1.807) is 30.3 Å².